The van der Waals surface area contributed by atoms with Crippen LogP contribution in [0.1, 0.15) is 25.0 Å². The normalized spacial score (nSPS) is 12.7. The van der Waals surface area contributed by atoms with E-state index in [0.717, 1.165) is 24.2 Å². The van der Waals surface area contributed by atoms with Crippen molar-refractivity contribution in [1.82, 2.24) is 4.90 Å². The molecule has 1 aromatic carbocycles. The fraction of sp³-hybridized carbons (Fsp3) is 0.500. The van der Waals surface area contributed by atoms with Crippen LogP contribution in [-0.2, 0) is 6.54 Å². The summed E-state index contributed by atoms with van der Waals surface area (Å²) in [5.41, 5.74) is 7.56. The Balaban J connectivity index is 2.73. The van der Waals surface area contributed by atoms with Crippen LogP contribution < -0.4 is 5.73 Å². The molecule has 0 saturated heterocycles. The zero-order valence-corrected chi connectivity index (χ0v) is 11.3. The van der Waals surface area contributed by atoms with Crippen LogP contribution in [0.15, 0.2) is 18.2 Å². The molecule has 3 N–H and O–H groups in total. The van der Waals surface area contributed by atoms with E-state index in [4.69, 9.17) is 11.1 Å². The lowest BCUT2D eigenvalue weighted by atomic mass is 10.1. The Bertz CT molecular complexity index is 418. The number of hydrogen-bond donors (Lipinski definition) is 2. The maximum atomic E-state index is 13.2. The van der Waals surface area contributed by atoms with E-state index >= 15 is 0 Å². The SMILES string of the molecule is CCN(Cc1cc(F)ccc1C)CC(C)C(=N)N. The summed E-state index contributed by atoms with van der Waals surface area (Å²) in [5.74, 6) is 0.0227. The molecular weight excluding hydrogens is 229 g/mol. The minimum absolute atomic E-state index is 0.0267. The molecule has 0 heterocycles. The maximum Gasteiger partial charge on any atom is 0.123 e. The molecule has 0 aliphatic rings. The van der Waals surface area contributed by atoms with E-state index in [9.17, 15) is 4.39 Å². The predicted molar refractivity (Wildman–Crippen MR) is 73.2 cm³/mol. The summed E-state index contributed by atoms with van der Waals surface area (Å²) in [4.78, 5) is 2.17. The Kier molecular flexibility index (Phi) is 5.28. The third kappa shape index (κ3) is 4.11. The number of nitrogens with one attached hydrogen (secondary N) is 1. The van der Waals surface area contributed by atoms with E-state index in [0.29, 0.717) is 6.54 Å². The summed E-state index contributed by atoms with van der Waals surface area (Å²) in [5, 5.41) is 7.42. The van der Waals surface area contributed by atoms with Gasteiger partial charge in [0.15, 0.2) is 0 Å². The van der Waals surface area contributed by atoms with Gasteiger partial charge in [0.25, 0.3) is 0 Å². The zero-order chi connectivity index (χ0) is 13.7. The van der Waals surface area contributed by atoms with Crippen LogP contribution in [0.3, 0.4) is 0 Å². The molecule has 4 heteroatoms. The van der Waals surface area contributed by atoms with Crippen LogP contribution >= 0.6 is 0 Å². The second kappa shape index (κ2) is 6.50. The number of amidine groups is 1. The quantitative estimate of drug-likeness (QED) is 0.603. The third-order valence-electron chi connectivity index (χ3n) is 3.22. The molecule has 0 saturated carbocycles. The Hall–Kier alpha value is -1.42. The Morgan fingerprint density at radius 2 is 2.17 bits per heavy atom. The topological polar surface area (TPSA) is 53.1 Å². The van der Waals surface area contributed by atoms with Crippen molar-refractivity contribution < 1.29 is 4.39 Å². The molecule has 0 fully saturated rings. The number of nitrogens with zero attached hydrogens (tertiary/aromatic N) is 1. The first-order valence-electron chi connectivity index (χ1n) is 6.25. The largest absolute Gasteiger partial charge is 0.387 e. The predicted octanol–water partition coefficient (Wildman–Crippen LogP) is 2.53. The first-order valence-corrected chi connectivity index (χ1v) is 6.25. The van der Waals surface area contributed by atoms with Gasteiger partial charge in [-0.2, -0.15) is 0 Å². The van der Waals surface area contributed by atoms with E-state index < -0.39 is 0 Å². The van der Waals surface area contributed by atoms with Gasteiger partial charge in [-0.3, -0.25) is 10.3 Å². The van der Waals surface area contributed by atoms with Gasteiger partial charge < -0.3 is 5.73 Å². The lowest BCUT2D eigenvalue weighted by Gasteiger charge is -2.24. The van der Waals surface area contributed by atoms with Gasteiger partial charge in [0.1, 0.15) is 5.82 Å². The van der Waals surface area contributed by atoms with Gasteiger partial charge >= 0.3 is 0 Å². The Morgan fingerprint density at radius 3 is 2.72 bits per heavy atom. The van der Waals surface area contributed by atoms with E-state index in [2.05, 4.69) is 11.8 Å². The van der Waals surface area contributed by atoms with Crippen molar-refractivity contribution in [2.75, 3.05) is 13.1 Å². The average molecular weight is 251 g/mol. The molecule has 0 aliphatic heterocycles. The molecule has 1 aromatic rings. The molecule has 1 unspecified atom stereocenters. The standard InChI is InChI=1S/C14H22FN3/c1-4-18(8-11(3)14(16)17)9-12-7-13(15)6-5-10(12)2/h5-7,11H,4,8-9H2,1-3H3,(H3,16,17). The minimum atomic E-state index is -0.203. The number of rotatable bonds is 6. The van der Waals surface area contributed by atoms with Gasteiger partial charge in [0.2, 0.25) is 0 Å². The molecule has 100 valence electrons. The van der Waals surface area contributed by atoms with Crippen molar-refractivity contribution in [3.8, 4) is 0 Å². The highest BCUT2D eigenvalue weighted by molar-refractivity contribution is 5.79. The fourth-order valence-electron chi connectivity index (χ4n) is 1.84. The second-order valence-electron chi connectivity index (χ2n) is 4.75. The third-order valence-corrected chi connectivity index (χ3v) is 3.22. The number of nitrogens with two attached hydrogens (primary N) is 1. The minimum Gasteiger partial charge on any atom is -0.387 e. The van der Waals surface area contributed by atoms with Crippen LogP contribution in [0.5, 0.6) is 0 Å². The van der Waals surface area contributed by atoms with Gasteiger partial charge in [-0.15, -0.1) is 0 Å². The highest BCUT2D eigenvalue weighted by atomic mass is 19.1. The van der Waals surface area contributed by atoms with Crippen LogP contribution in [0.2, 0.25) is 0 Å². The highest BCUT2D eigenvalue weighted by Crippen LogP contribution is 2.14. The fourth-order valence-corrected chi connectivity index (χ4v) is 1.84. The molecule has 0 spiro atoms. The number of hydrogen-bond acceptors (Lipinski definition) is 2. The molecule has 0 aromatic heterocycles. The highest BCUT2D eigenvalue weighted by Gasteiger charge is 2.12. The number of aryl methyl sites for hydroxylation is 1. The summed E-state index contributed by atoms with van der Waals surface area (Å²) >= 11 is 0. The van der Waals surface area contributed by atoms with Crippen LogP contribution in [-0.4, -0.2) is 23.8 Å². The zero-order valence-electron chi connectivity index (χ0n) is 11.3. The molecule has 1 atom stereocenters. The van der Waals surface area contributed by atoms with E-state index in [1.165, 1.54) is 6.07 Å². The van der Waals surface area contributed by atoms with Crippen LogP contribution in [0.4, 0.5) is 4.39 Å². The van der Waals surface area contributed by atoms with E-state index in [1.807, 2.05) is 13.8 Å². The lowest BCUT2D eigenvalue weighted by molar-refractivity contribution is 0.262. The summed E-state index contributed by atoms with van der Waals surface area (Å²) in [6, 6.07) is 4.86. The van der Waals surface area contributed by atoms with Gasteiger partial charge in [-0.1, -0.05) is 19.9 Å². The first kappa shape index (κ1) is 14.6. The molecule has 0 aliphatic carbocycles. The monoisotopic (exact) mass is 251 g/mol. The van der Waals surface area contributed by atoms with Crippen molar-refractivity contribution in [1.29, 1.82) is 5.41 Å². The number of benzene rings is 1. The molecule has 0 amide bonds. The molecular formula is C14H22FN3. The average Bonchev–Trinajstić information content (AvgIpc) is 2.32. The lowest BCUT2D eigenvalue weighted by Crippen LogP contribution is -2.34. The van der Waals surface area contributed by atoms with Crippen LogP contribution in [0, 0.1) is 24.1 Å². The van der Waals surface area contributed by atoms with Crippen molar-refractivity contribution in [2.24, 2.45) is 11.7 Å². The molecule has 0 radical (unpaired) electrons. The van der Waals surface area contributed by atoms with Crippen molar-refractivity contribution in [3.63, 3.8) is 0 Å². The summed E-state index contributed by atoms with van der Waals surface area (Å²) in [6.45, 7) is 8.25. The van der Waals surface area contributed by atoms with Gasteiger partial charge in [0.05, 0.1) is 5.84 Å². The second-order valence-corrected chi connectivity index (χ2v) is 4.75. The van der Waals surface area contributed by atoms with Gasteiger partial charge in [-0.05, 0) is 36.7 Å². The smallest absolute Gasteiger partial charge is 0.123 e. The number of halogens is 1. The molecule has 3 nitrogen and oxygen atoms in total. The first-order chi connectivity index (χ1) is 8.43. The van der Waals surface area contributed by atoms with Gasteiger partial charge in [0, 0.05) is 19.0 Å². The molecule has 18 heavy (non-hydrogen) atoms. The molecule has 0 bridgehead atoms. The summed E-state index contributed by atoms with van der Waals surface area (Å²) in [7, 11) is 0. The van der Waals surface area contributed by atoms with E-state index in [-0.39, 0.29) is 17.6 Å². The van der Waals surface area contributed by atoms with Crippen molar-refractivity contribution in [3.05, 3.63) is 35.1 Å². The van der Waals surface area contributed by atoms with E-state index in [1.54, 1.807) is 12.1 Å². The summed E-state index contributed by atoms with van der Waals surface area (Å²) in [6.07, 6.45) is 0. The van der Waals surface area contributed by atoms with Crippen LogP contribution in [0.25, 0.3) is 0 Å². The summed E-state index contributed by atoms with van der Waals surface area (Å²) < 4.78 is 13.2. The van der Waals surface area contributed by atoms with Crippen molar-refractivity contribution >= 4 is 5.84 Å². The Labute approximate surface area is 108 Å². The molecule has 1 rings (SSSR count). The Morgan fingerprint density at radius 1 is 1.50 bits per heavy atom. The van der Waals surface area contributed by atoms with Gasteiger partial charge in [-0.25, -0.2) is 4.39 Å². The maximum absolute atomic E-state index is 13.2. The van der Waals surface area contributed by atoms with Crippen molar-refractivity contribution in [2.45, 2.75) is 27.3 Å².